The van der Waals surface area contributed by atoms with Gasteiger partial charge >= 0.3 is 0 Å². The van der Waals surface area contributed by atoms with Crippen LogP contribution < -0.4 is 11.1 Å². The molecule has 3 atom stereocenters. The largest absolute Gasteiger partial charge is 0.370 e. The molecule has 1 aliphatic heterocycles. The van der Waals surface area contributed by atoms with Crippen molar-refractivity contribution in [2.45, 2.75) is 84.7 Å². The normalized spacial score (nSPS) is 19.7. The standard InChI is InChI=1S/C19H35N3O3/c1-5-6-7-10-15(12-16(20)23)18(24)21-17(13(2)3)19(25)22-11-8-9-14(22)4/h13-15,17H,5-12H2,1-4H3,(H2,20,23)(H,21,24). The minimum Gasteiger partial charge on any atom is -0.370 e. The first-order chi connectivity index (χ1) is 11.8. The van der Waals surface area contributed by atoms with E-state index in [9.17, 15) is 14.4 Å². The Morgan fingerprint density at radius 3 is 2.40 bits per heavy atom. The maximum Gasteiger partial charge on any atom is 0.245 e. The lowest BCUT2D eigenvalue weighted by Crippen LogP contribution is -2.53. The summed E-state index contributed by atoms with van der Waals surface area (Å²) in [6, 6.07) is -0.328. The van der Waals surface area contributed by atoms with Gasteiger partial charge in [0.05, 0.1) is 0 Å². The molecule has 0 aromatic rings. The van der Waals surface area contributed by atoms with Gasteiger partial charge < -0.3 is 16.0 Å². The van der Waals surface area contributed by atoms with Crippen molar-refractivity contribution in [1.29, 1.82) is 0 Å². The summed E-state index contributed by atoms with van der Waals surface area (Å²) in [4.78, 5) is 38.7. The van der Waals surface area contributed by atoms with Crippen molar-refractivity contribution in [2.75, 3.05) is 6.54 Å². The van der Waals surface area contributed by atoms with Crippen molar-refractivity contribution in [3.8, 4) is 0 Å². The van der Waals surface area contributed by atoms with Gasteiger partial charge in [0, 0.05) is 24.9 Å². The molecule has 25 heavy (non-hydrogen) atoms. The quantitative estimate of drug-likeness (QED) is 0.590. The van der Waals surface area contributed by atoms with E-state index in [4.69, 9.17) is 5.73 Å². The van der Waals surface area contributed by atoms with Crippen molar-refractivity contribution < 1.29 is 14.4 Å². The number of carbonyl (C=O) groups is 3. The molecule has 144 valence electrons. The number of primary amides is 1. The smallest absolute Gasteiger partial charge is 0.245 e. The van der Waals surface area contributed by atoms with Crippen LogP contribution in [0.3, 0.4) is 0 Å². The molecular formula is C19H35N3O3. The van der Waals surface area contributed by atoms with Gasteiger partial charge in [0.1, 0.15) is 6.04 Å². The highest BCUT2D eigenvalue weighted by molar-refractivity contribution is 5.90. The topological polar surface area (TPSA) is 92.5 Å². The van der Waals surface area contributed by atoms with Crippen LogP contribution in [0.2, 0.25) is 0 Å². The Morgan fingerprint density at radius 2 is 1.92 bits per heavy atom. The molecule has 0 aromatic carbocycles. The van der Waals surface area contributed by atoms with Gasteiger partial charge in [0.2, 0.25) is 17.7 Å². The molecular weight excluding hydrogens is 318 g/mol. The lowest BCUT2D eigenvalue weighted by atomic mass is 9.94. The summed E-state index contributed by atoms with van der Waals surface area (Å²) in [6.45, 7) is 8.76. The average Bonchev–Trinajstić information content (AvgIpc) is 2.96. The molecule has 0 saturated carbocycles. The minimum absolute atomic E-state index is 0.00544. The van der Waals surface area contributed by atoms with E-state index in [1.165, 1.54) is 0 Å². The van der Waals surface area contributed by atoms with Crippen LogP contribution in [-0.4, -0.2) is 41.2 Å². The molecule has 0 spiro atoms. The second-order valence-electron chi connectivity index (χ2n) is 7.62. The molecule has 1 saturated heterocycles. The van der Waals surface area contributed by atoms with Crippen molar-refractivity contribution in [2.24, 2.45) is 17.6 Å². The van der Waals surface area contributed by atoms with Gasteiger partial charge in [-0.15, -0.1) is 0 Å². The first-order valence-electron chi connectivity index (χ1n) is 9.67. The van der Waals surface area contributed by atoms with Gasteiger partial charge in [0.15, 0.2) is 0 Å². The van der Waals surface area contributed by atoms with Crippen molar-refractivity contribution in [3.63, 3.8) is 0 Å². The molecule has 0 aromatic heterocycles. The van der Waals surface area contributed by atoms with Crippen LogP contribution >= 0.6 is 0 Å². The molecule has 1 heterocycles. The van der Waals surface area contributed by atoms with E-state index in [-0.39, 0.29) is 30.2 Å². The fourth-order valence-corrected chi connectivity index (χ4v) is 3.43. The third kappa shape index (κ3) is 6.67. The van der Waals surface area contributed by atoms with Gasteiger partial charge in [-0.05, 0) is 32.1 Å². The van der Waals surface area contributed by atoms with E-state index < -0.39 is 17.9 Å². The van der Waals surface area contributed by atoms with Crippen molar-refractivity contribution in [3.05, 3.63) is 0 Å². The first kappa shape index (κ1) is 21.5. The monoisotopic (exact) mass is 353 g/mol. The zero-order valence-corrected chi connectivity index (χ0v) is 16.2. The molecule has 1 fully saturated rings. The zero-order valence-electron chi connectivity index (χ0n) is 16.2. The first-order valence-corrected chi connectivity index (χ1v) is 9.67. The van der Waals surface area contributed by atoms with Crippen LogP contribution in [0.25, 0.3) is 0 Å². The molecule has 0 radical (unpaired) electrons. The maximum atomic E-state index is 12.9. The number of nitrogens with one attached hydrogen (secondary N) is 1. The van der Waals surface area contributed by atoms with Gasteiger partial charge in [-0.25, -0.2) is 0 Å². The lowest BCUT2D eigenvalue weighted by Gasteiger charge is -2.30. The summed E-state index contributed by atoms with van der Waals surface area (Å²) >= 11 is 0. The second-order valence-corrected chi connectivity index (χ2v) is 7.62. The summed E-state index contributed by atoms with van der Waals surface area (Å²) in [7, 11) is 0. The Kier molecular flexibility index (Phi) is 8.93. The number of hydrogen-bond acceptors (Lipinski definition) is 3. The number of amides is 3. The SMILES string of the molecule is CCCCCC(CC(N)=O)C(=O)NC(C(=O)N1CCCC1C)C(C)C. The maximum absolute atomic E-state index is 12.9. The van der Waals surface area contributed by atoms with E-state index in [2.05, 4.69) is 12.2 Å². The van der Waals surface area contributed by atoms with Crippen LogP contribution in [0.4, 0.5) is 0 Å². The number of nitrogens with two attached hydrogens (primary N) is 1. The fraction of sp³-hybridized carbons (Fsp3) is 0.842. The predicted molar refractivity (Wildman–Crippen MR) is 98.6 cm³/mol. The summed E-state index contributed by atoms with van der Waals surface area (Å²) in [6.07, 6.45) is 5.62. The molecule has 6 nitrogen and oxygen atoms in total. The third-order valence-electron chi connectivity index (χ3n) is 5.04. The van der Waals surface area contributed by atoms with Crippen LogP contribution in [0.5, 0.6) is 0 Å². The Hall–Kier alpha value is -1.59. The van der Waals surface area contributed by atoms with Gasteiger partial charge in [-0.2, -0.15) is 0 Å². The van der Waals surface area contributed by atoms with Gasteiger partial charge in [0.25, 0.3) is 0 Å². The molecule has 1 rings (SSSR count). The highest BCUT2D eigenvalue weighted by atomic mass is 16.2. The summed E-state index contributed by atoms with van der Waals surface area (Å²) in [5.74, 6) is -1.17. The predicted octanol–water partition coefficient (Wildman–Crippen LogP) is 2.21. The Labute approximate surface area is 151 Å². The molecule has 3 N–H and O–H groups in total. The number of hydrogen-bond donors (Lipinski definition) is 2. The third-order valence-corrected chi connectivity index (χ3v) is 5.04. The lowest BCUT2D eigenvalue weighted by molar-refractivity contribution is -0.139. The Balaban J connectivity index is 2.77. The average molecular weight is 354 g/mol. The molecule has 6 heteroatoms. The zero-order chi connectivity index (χ0) is 19.0. The summed E-state index contributed by atoms with van der Waals surface area (Å²) < 4.78 is 0. The van der Waals surface area contributed by atoms with Crippen molar-refractivity contribution >= 4 is 17.7 Å². The molecule has 3 unspecified atom stereocenters. The van der Waals surface area contributed by atoms with Crippen LogP contribution in [0.15, 0.2) is 0 Å². The molecule has 0 bridgehead atoms. The Bertz CT molecular complexity index is 465. The minimum atomic E-state index is -0.547. The fourth-order valence-electron chi connectivity index (χ4n) is 3.43. The van der Waals surface area contributed by atoms with Gasteiger partial charge in [-0.3, -0.25) is 14.4 Å². The molecule has 1 aliphatic rings. The van der Waals surface area contributed by atoms with E-state index in [0.717, 1.165) is 38.6 Å². The highest BCUT2D eigenvalue weighted by Crippen LogP contribution is 2.20. The van der Waals surface area contributed by atoms with E-state index in [1.54, 1.807) is 0 Å². The summed E-state index contributed by atoms with van der Waals surface area (Å²) in [5.41, 5.74) is 5.31. The number of nitrogens with zero attached hydrogens (tertiary/aromatic N) is 1. The Morgan fingerprint density at radius 1 is 1.24 bits per heavy atom. The van der Waals surface area contributed by atoms with E-state index in [0.29, 0.717) is 6.42 Å². The number of rotatable bonds is 10. The van der Waals surface area contributed by atoms with E-state index >= 15 is 0 Å². The van der Waals surface area contributed by atoms with Crippen molar-refractivity contribution in [1.82, 2.24) is 10.2 Å². The van der Waals surface area contributed by atoms with Crippen LogP contribution in [0.1, 0.15) is 72.6 Å². The van der Waals surface area contributed by atoms with Crippen LogP contribution in [0, 0.1) is 11.8 Å². The number of unbranched alkanes of at least 4 members (excludes halogenated alkanes) is 2. The van der Waals surface area contributed by atoms with Gasteiger partial charge in [-0.1, -0.05) is 40.0 Å². The molecule has 3 amide bonds. The number of carbonyl (C=O) groups excluding carboxylic acids is 3. The number of likely N-dealkylation sites (tertiary alicyclic amines) is 1. The highest BCUT2D eigenvalue weighted by Gasteiger charge is 2.34. The second kappa shape index (κ2) is 10.4. The van der Waals surface area contributed by atoms with E-state index in [1.807, 2.05) is 25.7 Å². The summed E-state index contributed by atoms with van der Waals surface area (Å²) in [5, 5.41) is 2.91. The van der Waals surface area contributed by atoms with Crippen LogP contribution in [-0.2, 0) is 14.4 Å². The molecule has 0 aliphatic carbocycles.